The number of ether oxygens (including phenoxy) is 1. The van der Waals surface area contributed by atoms with Crippen LogP contribution < -0.4 is 4.74 Å². The molecule has 0 atom stereocenters. The van der Waals surface area contributed by atoms with Crippen molar-refractivity contribution in [1.29, 1.82) is 0 Å². The van der Waals surface area contributed by atoms with E-state index in [-0.39, 0.29) is 11.6 Å². The van der Waals surface area contributed by atoms with E-state index in [0.717, 1.165) is 0 Å². The van der Waals surface area contributed by atoms with E-state index in [2.05, 4.69) is 65.5 Å². The van der Waals surface area contributed by atoms with Crippen LogP contribution in [0.25, 0.3) is 0 Å². The fourth-order valence-corrected chi connectivity index (χ4v) is 10.6. The predicted octanol–water partition coefficient (Wildman–Crippen LogP) is 8.68. The lowest BCUT2D eigenvalue weighted by Crippen LogP contribution is -2.59. The zero-order chi connectivity index (χ0) is 30.2. The van der Waals surface area contributed by atoms with Crippen molar-refractivity contribution in [3.63, 3.8) is 0 Å². The van der Waals surface area contributed by atoms with Crippen molar-refractivity contribution in [2.75, 3.05) is 0 Å². The molecule has 0 aromatic heterocycles. The molecule has 2 aromatic carbocycles. The van der Waals surface area contributed by atoms with Crippen LogP contribution in [-0.2, 0) is 8.85 Å². The molecule has 0 bridgehead atoms. The largest absolute Gasteiger partial charge is 0.457 e. The van der Waals surface area contributed by atoms with Crippen LogP contribution in [0.4, 0.5) is 0 Å². The molecule has 0 aliphatic rings. The van der Waals surface area contributed by atoms with Crippen molar-refractivity contribution in [3.05, 3.63) is 59.7 Å². The van der Waals surface area contributed by atoms with Crippen LogP contribution >= 0.6 is 0 Å². The maximum Gasteiger partial charge on any atom is 0.192 e. The van der Waals surface area contributed by atoms with Crippen molar-refractivity contribution in [2.24, 2.45) is 0 Å². The molecule has 5 nitrogen and oxygen atoms in total. The monoisotopic (exact) mass is 602 g/mol. The molecule has 0 fully saturated rings. The van der Waals surface area contributed by atoms with E-state index >= 15 is 0 Å². The van der Waals surface area contributed by atoms with Crippen molar-refractivity contribution < 1.29 is 23.2 Å². The van der Waals surface area contributed by atoms with Gasteiger partial charge in [0.2, 0.25) is 0 Å². The first-order chi connectivity index (χ1) is 17.4. The number of rotatable bonds is 12. The Morgan fingerprint density at radius 2 is 0.769 bits per heavy atom. The van der Waals surface area contributed by atoms with Crippen molar-refractivity contribution in [1.82, 2.24) is 0 Å². The van der Waals surface area contributed by atoms with Gasteiger partial charge in [-0.1, -0.05) is 39.3 Å². The van der Waals surface area contributed by atoms with Gasteiger partial charge in [0.25, 0.3) is 0 Å². The maximum absolute atomic E-state index is 13.3. The third-order valence-electron chi connectivity index (χ3n) is 8.20. The molecule has 2 rings (SSSR count). The number of carbonyl (C=O) groups is 2. The standard InChI is InChI=1S/C30H50O5Si4/c1-29(2,34-38(11,12)36(5,6)7)27(31)23-15-19-25(20-16-23)33-26-21-17-24(18-22-26)28(32)30(3,4)35-39(13,14)37(8,9)10/h15-22H,1-14H3. The number of benzene rings is 2. The summed E-state index contributed by atoms with van der Waals surface area (Å²) < 4.78 is 19.0. The van der Waals surface area contributed by atoms with Gasteiger partial charge in [-0.3, -0.25) is 9.59 Å². The average Bonchev–Trinajstić information content (AvgIpc) is 2.76. The molecule has 9 heteroatoms. The van der Waals surface area contributed by atoms with Crippen LogP contribution in [0.2, 0.25) is 65.5 Å². The quantitative estimate of drug-likeness (QED) is 0.180. The maximum atomic E-state index is 13.3. The van der Waals surface area contributed by atoms with E-state index in [4.69, 9.17) is 13.6 Å². The van der Waals surface area contributed by atoms with Crippen LogP contribution in [-0.4, -0.2) is 53.6 Å². The van der Waals surface area contributed by atoms with E-state index in [1.807, 2.05) is 27.7 Å². The van der Waals surface area contributed by atoms with Gasteiger partial charge in [0.05, 0.1) is 15.2 Å². The summed E-state index contributed by atoms with van der Waals surface area (Å²) >= 11 is 0. The minimum atomic E-state index is -1.98. The second-order valence-electron chi connectivity index (χ2n) is 14.6. The Hall–Kier alpha value is -1.63. The molecular weight excluding hydrogens is 553 g/mol. The van der Waals surface area contributed by atoms with Gasteiger partial charge >= 0.3 is 0 Å². The van der Waals surface area contributed by atoms with Crippen molar-refractivity contribution in [2.45, 2.75) is 104 Å². The number of ketones is 2. The normalized spacial score (nSPS) is 13.8. The first-order valence-corrected chi connectivity index (χ1v) is 28.6. The van der Waals surface area contributed by atoms with Crippen LogP contribution in [0.15, 0.2) is 48.5 Å². The fraction of sp³-hybridized carbons (Fsp3) is 0.533. The number of hydrogen-bond donors (Lipinski definition) is 0. The van der Waals surface area contributed by atoms with Crippen LogP contribution in [0.3, 0.4) is 0 Å². The van der Waals surface area contributed by atoms with Gasteiger partial charge in [-0.2, -0.15) is 0 Å². The highest BCUT2D eigenvalue weighted by Crippen LogP contribution is 2.31. The molecule has 0 N–H and O–H groups in total. The number of carbonyl (C=O) groups excluding carboxylic acids is 2. The van der Waals surface area contributed by atoms with Crippen LogP contribution in [0, 0.1) is 0 Å². The van der Waals surface area contributed by atoms with Gasteiger partial charge in [-0.25, -0.2) is 0 Å². The van der Waals surface area contributed by atoms with Gasteiger partial charge in [0.15, 0.2) is 27.2 Å². The van der Waals surface area contributed by atoms with Gasteiger partial charge in [0.1, 0.15) is 22.7 Å². The van der Waals surface area contributed by atoms with Gasteiger partial charge in [0, 0.05) is 11.1 Å². The molecule has 0 unspecified atom stereocenters. The minimum absolute atomic E-state index is 0.0269. The molecule has 216 valence electrons. The number of hydrogen-bond acceptors (Lipinski definition) is 5. The van der Waals surface area contributed by atoms with Gasteiger partial charge in [-0.05, 0) is 102 Å². The highest BCUT2D eigenvalue weighted by molar-refractivity contribution is 7.38. The zero-order valence-corrected chi connectivity index (χ0v) is 30.7. The highest BCUT2D eigenvalue weighted by Gasteiger charge is 2.46. The summed E-state index contributed by atoms with van der Waals surface area (Å²) in [5, 5.41) is 0. The molecule has 0 aliphatic heterocycles. The summed E-state index contributed by atoms with van der Waals surface area (Å²) in [6.07, 6.45) is 0. The topological polar surface area (TPSA) is 61.8 Å². The molecule has 0 spiro atoms. The molecule has 0 heterocycles. The fourth-order valence-electron chi connectivity index (χ4n) is 3.85. The Balaban J connectivity index is 2.12. The average molecular weight is 603 g/mol. The second kappa shape index (κ2) is 11.3. The van der Waals surface area contributed by atoms with Crippen molar-refractivity contribution >= 4 is 42.4 Å². The SMILES string of the molecule is CC(C)(O[Si](C)(C)[Si](C)(C)C)C(=O)c1ccc(Oc2ccc(C(=O)C(C)(C)O[Si](C)(C)[Si](C)(C)C)cc2)cc1. The summed E-state index contributed by atoms with van der Waals surface area (Å²) in [5.74, 6) is 1.18. The molecule has 2 aromatic rings. The summed E-state index contributed by atoms with van der Waals surface area (Å²) in [4.78, 5) is 26.6. The Morgan fingerprint density at radius 1 is 0.513 bits per heavy atom. The van der Waals surface area contributed by atoms with Gasteiger partial charge in [-0.15, -0.1) is 0 Å². The summed E-state index contributed by atoms with van der Waals surface area (Å²) in [6, 6.07) is 14.3. The Morgan fingerprint density at radius 3 is 1.00 bits per heavy atom. The Labute approximate surface area is 240 Å². The zero-order valence-electron chi connectivity index (χ0n) is 26.7. The molecule has 0 amide bonds. The van der Waals surface area contributed by atoms with E-state index in [0.29, 0.717) is 22.6 Å². The first kappa shape index (κ1) is 33.6. The summed E-state index contributed by atoms with van der Waals surface area (Å²) in [7, 11) is -6.98. The van der Waals surface area contributed by atoms with E-state index < -0.39 is 42.1 Å². The van der Waals surface area contributed by atoms with Gasteiger partial charge < -0.3 is 13.6 Å². The summed E-state index contributed by atoms with van der Waals surface area (Å²) in [6.45, 7) is 30.2. The lowest BCUT2D eigenvalue weighted by Gasteiger charge is -2.41. The Kier molecular flexibility index (Phi) is 9.75. The Bertz CT molecular complexity index is 1080. The first-order valence-electron chi connectivity index (χ1n) is 13.8. The molecule has 0 aliphatic carbocycles. The third-order valence-corrected chi connectivity index (χ3v) is 39.7. The number of Topliss-reactive ketones (excluding diaryl/α,β-unsaturated/α-hetero) is 2. The highest BCUT2D eigenvalue weighted by atomic mass is 29.3. The van der Waals surface area contributed by atoms with E-state index in [1.165, 1.54) is 0 Å². The second-order valence-corrected chi connectivity index (χ2v) is 46.2. The molecule has 0 saturated carbocycles. The molecule has 0 saturated heterocycles. The lowest BCUT2D eigenvalue weighted by molar-refractivity contribution is 0.0567. The van der Waals surface area contributed by atoms with E-state index in [1.54, 1.807) is 48.5 Å². The molecule has 0 radical (unpaired) electrons. The minimum Gasteiger partial charge on any atom is -0.457 e. The molecular formula is C30H50O5Si4. The van der Waals surface area contributed by atoms with Crippen molar-refractivity contribution in [3.8, 4) is 11.5 Å². The van der Waals surface area contributed by atoms with Crippen LogP contribution in [0.1, 0.15) is 48.4 Å². The third kappa shape index (κ3) is 8.20. The van der Waals surface area contributed by atoms with E-state index in [9.17, 15) is 9.59 Å². The van der Waals surface area contributed by atoms with Crippen LogP contribution in [0.5, 0.6) is 11.5 Å². The predicted molar refractivity (Wildman–Crippen MR) is 174 cm³/mol. The lowest BCUT2D eigenvalue weighted by atomic mass is 9.97. The molecule has 39 heavy (non-hydrogen) atoms. The summed E-state index contributed by atoms with van der Waals surface area (Å²) in [5.41, 5.74) is -0.572. The smallest absolute Gasteiger partial charge is 0.192 e.